The Labute approximate surface area is 162 Å². The SMILES string of the molecule is C[C@H](c1ccc(-n2cncn2)cc1)N(C)CC(=O)NC(=O)NCc1ccco1. The molecule has 2 heterocycles. The lowest BCUT2D eigenvalue weighted by atomic mass is 10.1. The normalized spacial score (nSPS) is 12.0. The molecule has 28 heavy (non-hydrogen) atoms. The zero-order chi connectivity index (χ0) is 19.9. The molecule has 1 aromatic carbocycles. The van der Waals surface area contributed by atoms with Crippen molar-refractivity contribution < 1.29 is 14.0 Å². The van der Waals surface area contributed by atoms with E-state index in [1.165, 1.54) is 12.6 Å². The maximum absolute atomic E-state index is 12.1. The fraction of sp³-hybridized carbons (Fsp3) is 0.263. The number of aromatic nitrogens is 3. The summed E-state index contributed by atoms with van der Waals surface area (Å²) in [4.78, 5) is 29.7. The zero-order valence-corrected chi connectivity index (χ0v) is 15.7. The van der Waals surface area contributed by atoms with Crippen LogP contribution in [0.5, 0.6) is 0 Å². The molecule has 3 rings (SSSR count). The third-order valence-corrected chi connectivity index (χ3v) is 4.37. The quantitative estimate of drug-likeness (QED) is 0.646. The molecule has 0 fully saturated rings. The van der Waals surface area contributed by atoms with Crippen molar-refractivity contribution in [3.63, 3.8) is 0 Å². The van der Waals surface area contributed by atoms with Crippen LogP contribution in [0.2, 0.25) is 0 Å². The van der Waals surface area contributed by atoms with E-state index >= 15 is 0 Å². The molecule has 0 unspecified atom stereocenters. The Bertz CT molecular complexity index is 890. The first-order valence-corrected chi connectivity index (χ1v) is 8.78. The first kappa shape index (κ1) is 19.3. The number of carbonyl (C=O) groups is 2. The van der Waals surface area contributed by atoms with Crippen molar-refractivity contribution in [2.24, 2.45) is 0 Å². The zero-order valence-electron chi connectivity index (χ0n) is 15.7. The molecule has 0 saturated carbocycles. The van der Waals surface area contributed by atoms with E-state index in [0.717, 1.165) is 11.3 Å². The summed E-state index contributed by atoms with van der Waals surface area (Å²) in [6.45, 7) is 2.30. The van der Waals surface area contributed by atoms with Crippen LogP contribution >= 0.6 is 0 Å². The van der Waals surface area contributed by atoms with E-state index in [4.69, 9.17) is 4.42 Å². The number of rotatable bonds is 7. The van der Waals surface area contributed by atoms with Gasteiger partial charge in [-0.25, -0.2) is 14.5 Å². The molecule has 0 aliphatic rings. The molecule has 9 heteroatoms. The van der Waals surface area contributed by atoms with Gasteiger partial charge in [0.15, 0.2) is 0 Å². The molecule has 9 nitrogen and oxygen atoms in total. The number of imide groups is 1. The molecule has 1 atom stereocenters. The molecular formula is C19H22N6O3. The van der Waals surface area contributed by atoms with Crippen LogP contribution in [0.3, 0.4) is 0 Å². The molecule has 3 aromatic rings. The van der Waals surface area contributed by atoms with E-state index in [2.05, 4.69) is 20.7 Å². The van der Waals surface area contributed by atoms with Crippen molar-refractivity contribution in [1.29, 1.82) is 0 Å². The Morgan fingerprint density at radius 2 is 2.04 bits per heavy atom. The van der Waals surface area contributed by atoms with Gasteiger partial charge in [0.05, 0.1) is 25.0 Å². The van der Waals surface area contributed by atoms with Crippen molar-refractivity contribution in [2.45, 2.75) is 19.5 Å². The highest BCUT2D eigenvalue weighted by Crippen LogP contribution is 2.19. The van der Waals surface area contributed by atoms with Gasteiger partial charge in [0, 0.05) is 6.04 Å². The topological polar surface area (TPSA) is 105 Å². The lowest BCUT2D eigenvalue weighted by Crippen LogP contribution is -2.43. The van der Waals surface area contributed by atoms with E-state index < -0.39 is 6.03 Å². The molecule has 0 spiro atoms. The number of furan rings is 1. The second-order valence-corrected chi connectivity index (χ2v) is 6.33. The predicted molar refractivity (Wildman–Crippen MR) is 101 cm³/mol. The number of nitrogens with one attached hydrogen (secondary N) is 2. The minimum absolute atomic E-state index is 0.0123. The van der Waals surface area contributed by atoms with Crippen LogP contribution in [0.4, 0.5) is 4.79 Å². The summed E-state index contributed by atoms with van der Waals surface area (Å²) in [5, 5.41) is 8.98. The summed E-state index contributed by atoms with van der Waals surface area (Å²) >= 11 is 0. The van der Waals surface area contributed by atoms with Crippen molar-refractivity contribution >= 4 is 11.9 Å². The number of amides is 3. The average molecular weight is 382 g/mol. The van der Waals surface area contributed by atoms with E-state index in [9.17, 15) is 9.59 Å². The number of nitrogens with zero attached hydrogens (tertiary/aromatic N) is 4. The summed E-state index contributed by atoms with van der Waals surface area (Å²) in [5.41, 5.74) is 1.95. The maximum Gasteiger partial charge on any atom is 0.321 e. The highest BCUT2D eigenvalue weighted by atomic mass is 16.3. The van der Waals surface area contributed by atoms with Gasteiger partial charge in [0.25, 0.3) is 0 Å². The van der Waals surface area contributed by atoms with Gasteiger partial charge in [0.2, 0.25) is 5.91 Å². The Balaban J connectivity index is 1.48. The number of hydrogen-bond donors (Lipinski definition) is 2. The molecule has 0 saturated heterocycles. The molecule has 2 aromatic heterocycles. The average Bonchev–Trinajstić information content (AvgIpc) is 3.39. The molecule has 0 radical (unpaired) electrons. The summed E-state index contributed by atoms with van der Waals surface area (Å²) in [6.07, 6.45) is 4.63. The Hall–Kier alpha value is -3.46. The minimum Gasteiger partial charge on any atom is -0.467 e. The van der Waals surface area contributed by atoms with Crippen LogP contribution in [0.1, 0.15) is 24.3 Å². The first-order chi connectivity index (χ1) is 13.5. The van der Waals surface area contributed by atoms with Crippen LogP contribution in [-0.2, 0) is 11.3 Å². The highest BCUT2D eigenvalue weighted by Gasteiger charge is 2.16. The smallest absolute Gasteiger partial charge is 0.321 e. The lowest BCUT2D eigenvalue weighted by Gasteiger charge is -2.24. The summed E-state index contributed by atoms with van der Waals surface area (Å²) in [7, 11) is 1.83. The van der Waals surface area contributed by atoms with Gasteiger partial charge in [-0.3, -0.25) is 15.0 Å². The van der Waals surface area contributed by atoms with Crippen molar-refractivity contribution in [2.75, 3.05) is 13.6 Å². The number of hydrogen-bond acceptors (Lipinski definition) is 6. The maximum atomic E-state index is 12.1. The summed E-state index contributed by atoms with van der Waals surface area (Å²) < 4.78 is 6.79. The molecule has 2 N–H and O–H groups in total. The van der Waals surface area contributed by atoms with Gasteiger partial charge in [-0.1, -0.05) is 12.1 Å². The van der Waals surface area contributed by atoms with Crippen molar-refractivity contribution in [1.82, 2.24) is 30.3 Å². The second-order valence-electron chi connectivity index (χ2n) is 6.33. The van der Waals surface area contributed by atoms with Gasteiger partial charge in [0.1, 0.15) is 18.4 Å². The van der Waals surface area contributed by atoms with E-state index in [1.54, 1.807) is 23.1 Å². The van der Waals surface area contributed by atoms with Crippen molar-refractivity contribution in [3.8, 4) is 5.69 Å². The van der Waals surface area contributed by atoms with E-state index in [1.807, 2.05) is 43.1 Å². The number of urea groups is 1. The molecule has 0 bridgehead atoms. The van der Waals surface area contributed by atoms with E-state index in [0.29, 0.717) is 5.76 Å². The molecule has 3 amide bonds. The van der Waals surface area contributed by atoms with Crippen LogP contribution < -0.4 is 10.6 Å². The van der Waals surface area contributed by atoms with Crippen LogP contribution in [0.25, 0.3) is 5.69 Å². The third-order valence-electron chi connectivity index (χ3n) is 4.37. The largest absolute Gasteiger partial charge is 0.467 e. The molecule has 0 aliphatic carbocycles. The number of likely N-dealkylation sites (N-methyl/N-ethyl adjacent to an activating group) is 1. The van der Waals surface area contributed by atoms with Gasteiger partial charge >= 0.3 is 6.03 Å². The van der Waals surface area contributed by atoms with Gasteiger partial charge in [-0.05, 0) is 43.8 Å². The fourth-order valence-corrected chi connectivity index (χ4v) is 2.66. The minimum atomic E-state index is -0.556. The van der Waals surface area contributed by atoms with Gasteiger partial charge in [-0.2, -0.15) is 5.10 Å². The first-order valence-electron chi connectivity index (χ1n) is 8.78. The summed E-state index contributed by atoms with van der Waals surface area (Å²) in [6, 6.07) is 10.7. The second kappa shape index (κ2) is 8.96. The standard InChI is InChI=1S/C19H22N6O3/c1-14(15-5-7-16(8-6-15)25-13-20-12-22-25)24(2)11-18(26)23-19(27)21-10-17-4-3-9-28-17/h3-9,12-14H,10-11H2,1-2H3,(H2,21,23,26,27)/t14-/m1/s1. The lowest BCUT2D eigenvalue weighted by molar-refractivity contribution is -0.121. The summed E-state index contributed by atoms with van der Waals surface area (Å²) in [5.74, 6) is 0.230. The fourth-order valence-electron chi connectivity index (χ4n) is 2.66. The molecular weight excluding hydrogens is 360 g/mol. The Morgan fingerprint density at radius 3 is 2.68 bits per heavy atom. The van der Waals surface area contributed by atoms with Crippen LogP contribution in [0, 0.1) is 0 Å². The molecule has 146 valence electrons. The van der Waals surface area contributed by atoms with Crippen molar-refractivity contribution in [3.05, 3.63) is 66.6 Å². The van der Waals surface area contributed by atoms with Crippen LogP contribution in [-0.4, -0.2) is 45.2 Å². The van der Waals surface area contributed by atoms with E-state index in [-0.39, 0.29) is 25.0 Å². The third kappa shape index (κ3) is 5.04. The predicted octanol–water partition coefficient (Wildman–Crippen LogP) is 1.88. The number of benzene rings is 1. The van der Waals surface area contributed by atoms with Gasteiger partial charge < -0.3 is 9.73 Å². The molecule has 0 aliphatic heterocycles. The monoisotopic (exact) mass is 382 g/mol. The Morgan fingerprint density at radius 1 is 1.25 bits per heavy atom. The highest BCUT2D eigenvalue weighted by molar-refractivity contribution is 5.95. The van der Waals surface area contributed by atoms with Gasteiger partial charge in [-0.15, -0.1) is 0 Å². The van der Waals surface area contributed by atoms with Crippen LogP contribution in [0.15, 0.2) is 59.7 Å². The number of carbonyl (C=O) groups excluding carboxylic acids is 2. The Kier molecular flexibility index (Phi) is 6.18.